The Balaban J connectivity index is 1.11. The van der Waals surface area contributed by atoms with E-state index in [-0.39, 0.29) is 17.3 Å². The Morgan fingerprint density at radius 1 is 1.05 bits per heavy atom. The standard InChI is InChI=1S/C28H37N9O5S/c1-35(2)19-9-5-8-18-17(19)7-6-10-21(18)43(40,41)33-12-4-3-11-30-28-34-22-25(29)31-16-32-26(22)37(28)27-24(39)23(38)20(42-27)15-36-13-14-36/h5-10,16,20,23-24,27,33,38-39H,3-4,11-15H2,1-2H3,(H,30,34)(H2,29,31,32)/t20-,23+,24+,27-/m1/s1. The van der Waals surface area contributed by atoms with Gasteiger partial charge in [-0.05, 0) is 25.0 Å². The van der Waals surface area contributed by atoms with Gasteiger partial charge in [0.1, 0.15) is 24.6 Å². The fraction of sp³-hybridized carbons (Fsp3) is 0.464. The Morgan fingerprint density at radius 2 is 1.79 bits per heavy atom. The molecule has 0 bridgehead atoms. The monoisotopic (exact) mass is 611 g/mol. The van der Waals surface area contributed by atoms with E-state index in [2.05, 4.69) is 29.9 Å². The van der Waals surface area contributed by atoms with E-state index >= 15 is 0 Å². The van der Waals surface area contributed by atoms with E-state index in [0.29, 0.717) is 48.4 Å². The molecule has 2 saturated heterocycles. The number of aliphatic hydroxyl groups excluding tert-OH is 2. The van der Waals surface area contributed by atoms with E-state index in [4.69, 9.17) is 10.5 Å². The average molecular weight is 612 g/mol. The van der Waals surface area contributed by atoms with Gasteiger partial charge in [-0.3, -0.25) is 9.47 Å². The van der Waals surface area contributed by atoms with Crippen LogP contribution in [0.1, 0.15) is 19.1 Å². The van der Waals surface area contributed by atoms with Crippen molar-refractivity contribution in [1.29, 1.82) is 0 Å². The molecule has 4 atom stereocenters. The van der Waals surface area contributed by atoms with Crippen molar-refractivity contribution in [3.63, 3.8) is 0 Å². The van der Waals surface area contributed by atoms with Gasteiger partial charge in [0.15, 0.2) is 23.2 Å². The van der Waals surface area contributed by atoms with E-state index in [0.717, 1.165) is 24.2 Å². The smallest absolute Gasteiger partial charge is 0.241 e. The van der Waals surface area contributed by atoms with Gasteiger partial charge in [0.25, 0.3) is 0 Å². The summed E-state index contributed by atoms with van der Waals surface area (Å²) < 4.78 is 36.9. The molecule has 0 radical (unpaired) electrons. The van der Waals surface area contributed by atoms with Crippen molar-refractivity contribution in [3.8, 4) is 0 Å². The molecule has 43 heavy (non-hydrogen) atoms. The van der Waals surface area contributed by atoms with Gasteiger partial charge in [0, 0.05) is 63.3 Å². The predicted octanol–water partition coefficient (Wildman–Crippen LogP) is 0.733. The molecule has 2 aromatic carbocycles. The molecule has 4 aromatic rings. The molecule has 2 fully saturated rings. The van der Waals surface area contributed by atoms with Crippen LogP contribution in [0.4, 0.5) is 17.5 Å². The number of fused-ring (bicyclic) bond motifs is 2. The van der Waals surface area contributed by atoms with Gasteiger partial charge in [-0.1, -0.05) is 24.3 Å². The lowest BCUT2D eigenvalue weighted by atomic mass is 10.1. The number of anilines is 3. The number of nitrogen functional groups attached to an aromatic ring is 1. The average Bonchev–Trinajstić information content (AvgIpc) is 3.67. The van der Waals surface area contributed by atoms with Crippen LogP contribution in [0.2, 0.25) is 0 Å². The van der Waals surface area contributed by atoms with Crippen molar-refractivity contribution < 1.29 is 23.4 Å². The van der Waals surface area contributed by atoms with Crippen LogP contribution in [0.15, 0.2) is 47.6 Å². The Labute approximate surface area is 249 Å². The van der Waals surface area contributed by atoms with Crippen LogP contribution < -0.4 is 20.7 Å². The van der Waals surface area contributed by atoms with Crippen LogP contribution in [0.5, 0.6) is 0 Å². The normalized spacial score (nSPS) is 22.4. The van der Waals surface area contributed by atoms with Gasteiger partial charge >= 0.3 is 0 Å². The highest BCUT2D eigenvalue weighted by Crippen LogP contribution is 2.36. The van der Waals surface area contributed by atoms with Crippen LogP contribution in [-0.4, -0.2) is 108 Å². The summed E-state index contributed by atoms with van der Waals surface area (Å²) in [6.45, 7) is 3.09. The molecule has 0 amide bonds. The number of benzene rings is 2. The second-order valence-electron chi connectivity index (χ2n) is 11.1. The Hall–Kier alpha value is -3.60. The van der Waals surface area contributed by atoms with Crippen molar-refractivity contribution in [3.05, 3.63) is 42.7 Å². The quantitative estimate of drug-likeness (QED) is 0.112. The molecule has 0 aliphatic carbocycles. The fourth-order valence-electron chi connectivity index (χ4n) is 5.52. The second-order valence-corrected chi connectivity index (χ2v) is 12.9. The molecule has 230 valence electrons. The van der Waals surface area contributed by atoms with Crippen LogP contribution in [0, 0.1) is 0 Å². The zero-order valence-corrected chi connectivity index (χ0v) is 24.9. The van der Waals surface area contributed by atoms with Gasteiger partial charge in [0.05, 0.1) is 4.90 Å². The first kappa shape index (κ1) is 29.5. The number of nitrogens with one attached hydrogen (secondary N) is 2. The van der Waals surface area contributed by atoms with Crippen molar-refractivity contribution in [2.45, 2.75) is 42.3 Å². The molecular weight excluding hydrogens is 574 g/mol. The Kier molecular flexibility index (Phi) is 8.10. The lowest BCUT2D eigenvalue weighted by Crippen LogP contribution is -2.35. The second kappa shape index (κ2) is 11.8. The highest BCUT2D eigenvalue weighted by atomic mass is 32.2. The molecule has 0 spiro atoms. The molecule has 0 saturated carbocycles. The summed E-state index contributed by atoms with van der Waals surface area (Å²) in [6, 6.07) is 10.9. The summed E-state index contributed by atoms with van der Waals surface area (Å²) in [5, 5.41) is 26.3. The van der Waals surface area contributed by atoms with E-state index in [1.807, 2.05) is 43.3 Å². The van der Waals surface area contributed by atoms with E-state index in [1.165, 1.54) is 6.33 Å². The van der Waals surface area contributed by atoms with E-state index in [9.17, 15) is 18.6 Å². The van der Waals surface area contributed by atoms with E-state index < -0.39 is 34.6 Å². The molecule has 14 nitrogen and oxygen atoms in total. The predicted molar refractivity (Wildman–Crippen MR) is 163 cm³/mol. The van der Waals surface area contributed by atoms with Crippen LogP contribution in [0.25, 0.3) is 21.9 Å². The van der Waals surface area contributed by atoms with Crippen LogP contribution >= 0.6 is 0 Å². The number of hydrogen-bond acceptors (Lipinski definition) is 12. The molecule has 2 aliphatic rings. The number of aromatic nitrogens is 4. The lowest BCUT2D eigenvalue weighted by molar-refractivity contribution is -0.0364. The first-order valence-electron chi connectivity index (χ1n) is 14.3. The minimum absolute atomic E-state index is 0.182. The van der Waals surface area contributed by atoms with Crippen molar-refractivity contribution in [2.24, 2.45) is 0 Å². The van der Waals surface area contributed by atoms with E-state index in [1.54, 1.807) is 16.7 Å². The third-order valence-electron chi connectivity index (χ3n) is 7.88. The SMILES string of the molecule is CN(C)c1cccc2c(S(=O)(=O)NCCCCNc3nc4c(N)ncnc4n3[C@@H]3O[C@H](CN4CC4)[C@H](O)[C@@H]3O)cccc12. The maximum absolute atomic E-state index is 13.2. The molecule has 4 heterocycles. The summed E-state index contributed by atoms with van der Waals surface area (Å²) in [5.74, 6) is 0.542. The van der Waals surface area contributed by atoms with Crippen molar-refractivity contribution >= 4 is 49.4 Å². The minimum Gasteiger partial charge on any atom is -0.387 e. The Morgan fingerprint density at radius 3 is 2.56 bits per heavy atom. The lowest BCUT2D eigenvalue weighted by Gasteiger charge is -2.20. The Bertz CT molecular complexity index is 1730. The number of nitrogens with zero attached hydrogens (tertiary/aromatic N) is 6. The molecule has 2 aliphatic heterocycles. The number of ether oxygens (including phenoxy) is 1. The topological polar surface area (TPSA) is 184 Å². The molecule has 0 unspecified atom stereocenters. The minimum atomic E-state index is -3.74. The van der Waals surface area contributed by atoms with Gasteiger partial charge in [-0.2, -0.15) is 0 Å². The fourth-order valence-corrected chi connectivity index (χ4v) is 6.81. The first-order valence-corrected chi connectivity index (χ1v) is 15.8. The molecule has 15 heteroatoms. The third-order valence-corrected chi connectivity index (χ3v) is 9.40. The molecule has 6 rings (SSSR count). The maximum Gasteiger partial charge on any atom is 0.241 e. The molecular formula is C28H37N9O5S. The van der Waals surface area contributed by atoms with Crippen molar-refractivity contribution in [2.75, 3.05) is 62.8 Å². The number of rotatable bonds is 12. The number of unbranched alkanes of at least 4 members (excludes halogenated alkanes) is 1. The van der Waals surface area contributed by atoms with Gasteiger partial charge in [-0.25, -0.2) is 28.1 Å². The summed E-state index contributed by atoms with van der Waals surface area (Å²) in [7, 11) is 0.118. The summed E-state index contributed by atoms with van der Waals surface area (Å²) in [5.41, 5.74) is 7.73. The molecule has 2 aromatic heterocycles. The number of nitrogens with two attached hydrogens (primary N) is 1. The maximum atomic E-state index is 13.2. The zero-order valence-electron chi connectivity index (χ0n) is 24.1. The summed E-state index contributed by atoms with van der Waals surface area (Å²) in [4.78, 5) is 17.2. The summed E-state index contributed by atoms with van der Waals surface area (Å²) >= 11 is 0. The highest BCUT2D eigenvalue weighted by Gasteiger charge is 2.46. The summed E-state index contributed by atoms with van der Waals surface area (Å²) in [6.07, 6.45) is -1.27. The van der Waals surface area contributed by atoms with Gasteiger partial charge < -0.3 is 30.9 Å². The number of imidazole rings is 1. The van der Waals surface area contributed by atoms with Gasteiger partial charge in [0.2, 0.25) is 16.0 Å². The number of aliphatic hydroxyl groups is 2. The zero-order chi connectivity index (χ0) is 30.3. The number of hydrogen-bond donors (Lipinski definition) is 5. The largest absolute Gasteiger partial charge is 0.387 e. The number of sulfonamides is 1. The first-order chi connectivity index (χ1) is 20.7. The highest BCUT2D eigenvalue weighted by molar-refractivity contribution is 7.89. The van der Waals surface area contributed by atoms with Crippen LogP contribution in [-0.2, 0) is 14.8 Å². The van der Waals surface area contributed by atoms with Crippen molar-refractivity contribution in [1.82, 2.24) is 29.1 Å². The van der Waals surface area contributed by atoms with Gasteiger partial charge in [-0.15, -0.1) is 0 Å². The molecule has 6 N–H and O–H groups in total. The third kappa shape index (κ3) is 5.83. The van der Waals surface area contributed by atoms with Crippen LogP contribution in [0.3, 0.4) is 0 Å².